The smallest absolute Gasteiger partial charge is 0.469 e. The molecule has 154 valence electrons. The van der Waals surface area contributed by atoms with Gasteiger partial charge in [0.15, 0.2) is 6.10 Å². The maximum atomic E-state index is 12.8. The molecule has 0 bridgehead atoms. The summed E-state index contributed by atoms with van der Waals surface area (Å²) in [4.78, 5) is 33.7. The van der Waals surface area contributed by atoms with E-state index in [9.17, 15) is 24.3 Å². The van der Waals surface area contributed by atoms with Crippen molar-refractivity contribution in [3.8, 4) is 5.75 Å². The number of methoxy groups -OCH3 is 1. The van der Waals surface area contributed by atoms with Crippen LogP contribution in [-0.4, -0.2) is 43.2 Å². The average molecular weight is 416 g/mol. The molecule has 12 heteroatoms. The van der Waals surface area contributed by atoms with Crippen LogP contribution in [0.3, 0.4) is 0 Å². The first-order chi connectivity index (χ1) is 13.1. The zero-order chi connectivity index (χ0) is 20.9. The number of nitro groups is 1. The highest BCUT2D eigenvalue weighted by molar-refractivity contribution is 7.49. The molecule has 1 aliphatic rings. The van der Waals surface area contributed by atoms with Crippen LogP contribution in [0.4, 0.5) is 5.69 Å². The van der Waals surface area contributed by atoms with E-state index >= 15 is 0 Å². The summed E-state index contributed by atoms with van der Waals surface area (Å²) in [6, 6.07) is 4.84. The number of phosphoric ester groups is 1. The Morgan fingerprint density at radius 1 is 1.36 bits per heavy atom. The van der Waals surface area contributed by atoms with E-state index in [4.69, 9.17) is 13.6 Å². The van der Waals surface area contributed by atoms with Gasteiger partial charge >= 0.3 is 13.8 Å². The number of carbonyl (C=O) groups excluding carboxylic acids is 2. The predicted molar refractivity (Wildman–Crippen MR) is 95.6 cm³/mol. The van der Waals surface area contributed by atoms with Crippen LogP contribution in [0, 0.1) is 15.5 Å². The Morgan fingerprint density at radius 2 is 2.00 bits per heavy atom. The monoisotopic (exact) mass is 416 g/mol. The average Bonchev–Trinajstić information content (AvgIpc) is 2.64. The first-order valence-corrected chi connectivity index (χ1v) is 9.74. The Kier molecular flexibility index (Phi) is 6.76. The highest BCUT2D eigenvalue weighted by Crippen LogP contribution is 2.56. The lowest BCUT2D eigenvalue weighted by Crippen LogP contribution is -2.50. The first-order valence-electron chi connectivity index (χ1n) is 8.28. The number of carbonyl (C=O) groups is 2. The second kappa shape index (κ2) is 8.68. The van der Waals surface area contributed by atoms with Gasteiger partial charge in [-0.3, -0.25) is 28.8 Å². The Bertz CT molecular complexity index is 794. The van der Waals surface area contributed by atoms with Gasteiger partial charge in [-0.05, 0) is 12.1 Å². The Morgan fingerprint density at radius 3 is 2.57 bits per heavy atom. The van der Waals surface area contributed by atoms with Gasteiger partial charge < -0.3 is 14.6 Å². The third-order valence-corrected chi connectivity index (χ3v) is 5.25. The van der Waals surface area contributed by atoms with Gasteiger partial charge in [-0.25, -0.2) is 4.57 Å². The zero-order valence-corrected chi connectivity index (χ0v) is 16.5. The Hall–Kier alpha value is -2.49. The summed E-state index contributed by atoms with van der Waals surface area (Å²) in [6.45, 7) is 3.31. The van der Waals surface area contributed by atoms with E-state index in [0.29, 0.717) is 0 Å². The highest BCUT2D eigenvalue weighted by atomic mass is 31.2. The summed E-state index contributed by atoms with van der Waals surface area (Å²) < 4.78 is 33.1. The van der Waals surface area contributed by atoms with Crippen LogP contribution >= 0.6 is 7.82 Å². The number of ether oxygens (including phenoxy) is 1. The molecular formula is C16H21N2O9P. The standard InChI is InChI=1S/C16H21N2O9P/c1-16(2)10-25-28(23,26-12-6-4-11(5-7-12)18(21)22)27-14(16)15(20)17-9-8-13(19)24-3/h4-7,14H,8-10H2,1-3H3,(H,17,20)/t14-,28-/m0/s1. The molecule has 1 amide bonds. The largest absolute Gasteiger partial charge is 0.530 e. The van der Waals surface area contributed by atoms with Crippen molar-refractivity contribution in [1.82, 2.24) is 5.32 Å². The minimum absolute atomic E-state index is 0.0236. The SMILES string of the molecule is COC(=O)CCNC(=O)[C@@H]1O[P@](=O)(Oc2ccc([N+](=O)[O-])cc2)OCC1(C)C. The number of non-ortho nitro benzene ring substituents is 1. The lowest BCUT2D eigenvalue weighted by atomic mass is 9.87. The number of rotatable bonds is 7. The van der Waals surface area contributed by atoms with Gasteiger partial charge in [0.25, 0.3) is 11.6 Å². The summed E-state index contributed by atoms with van der Waals surface area (Å²) in [5.41, 5.74) is -0.984. The molecule has 11 nitrogen and oxygen atoms in total. The van der Waals surface area contributed by atoms with E-state index in [-0.39, 0.29) is 31.0 Å². The van der Waals surface area contributed by atoms with Gasteiger partial charge in [0.05, 0.1) is 25.1 Å². The van der Waals surface area contributed by atoms with Gasteiger partial charge in [-0.1, -0.05) is 13.8 Å². The van der Waals surface area contributed by atoms with Gasteiger partial charge in [0, 0.05) is 24.1 Å². The molecule has 0 aromatic heterocycles. The number of nitrogens with zero attached hydrogens (tertiary/aromatic N) is 1. The summed E-state index contributed by atoms with van der Waals surface area (Å²) in [6.07, 6.45) is -1.19. The van der Waals surface area contributed by atoms with Crippen molar-refractivity contribution in [2.24, 2.45) is 5.41 Å². The normalized spacial score (nSPS) is 23.5. The van der Waals surface area contributed by atoms with Gasteiger partial charge in [0.1, 0.15) is 5.75 Å². The maximum Gasteiger partial charge on any atom is 0.530 e. The van der Waals surface area contributed by atoms with Crippen molar-refractivity contribution in [1.29, 1.82) is 0 Å². The number of phosphoric acid groups is 1. The molecule has 2 rings (SSSR count). The molecule has 1 heterocycles. The van der Waals surface area contributed by atoms with Crippen molar-refractivity contribution in [3.63, 3.8) is 0 Å². The van der Waals surface area contributed by atoms with Crippen molar-refractivity contribution in [2.75, 3.05) is 20.3 Å². The molecule has 0 unspecified atom stereocenters. The van der Waals surface area contributed by atoms with Crippen molar-refractivity contribution in [2.45, 2.75) is 26.4 Å². The fourth-order valence-electron chi connectivity index (χ4n) is 2.31. The molecule has 1 aromatic rings. The molecule has 28 heavy (non-hydrogen) atoms. The topological polar surface area (TPSA) is 143 Å². The Balaban J connectivity index is 2.06. The maximum absolute atomic E-state index is 12.8. The molecule has 1 saturated heterocycles. The Labute approximate surface area is 161 Å². The van der Waals surface area contributed by atoms with Crippen LogP contribution in [0.1, 0.15) is 20.3 Å². The predicted octanol–water partition coefficient (Wildman–Crippen LogP) is 2.20. The fraction of sp³-hybridized carbons (Fsp3) is 0.500. The molecule has 0 aliphatic carbocycles. The van der Waals surface area contributed by atoms with Gasteiger partial charge in [0.2, 0.25) is 0 Å². The lowest BCUT2D eigenvalue weighted by molar-refractivity contribution is -0.384. The molecule has 0 radical (unpaired) electrons. The second-order valence-corrected chi connectivity index (χ2v) is 8.20. The fourth-order valence-corrected chi connectivity index (χ4v) is 3.98. The quantitative estimate of drug-likeness (QED) is 0.306. The van der Waals surface area contributed by atoms with E-state index in [1.807, 2.05) is 0 Å². The van der Waals surface area contributed by atoms with E-state index in [1.165, 1.54) is 31.4 Å². The van der Waals surface area contributed by atoms with Gasteiger partial charge in [-0.2, -0.15) is 0 Å². The molecule has 1 aromatic carbocycles. The van der Waals surface area contributed by atoms with Crippen molar-refractivity contribution < 1.29 is 37.4 Å². The van der Waals surface area contributed by atoms with Crippen molar-refractivity contribution in [3.05, 3.63) is 34.4 Å². The van der Waals surface area contributed by atoms with Crippen LogP contribution in [-0.2, 0) is 27.9 Å². The van der Waals surface area contributed by atoms with Crippen LogP contribution < -0.4 is 9.84 Å². The number of nitro benzene ring substituents is 1. The molecule has 2 atom stereocenters. The van der Waals surface area contributed by atoms with Crippen LogP contribution in [0.5, 0.6) is 5.75 Å². The van der Waals surface area contributed by atoms with Crippen LogP contribution in [0.15, 0.2) is 24.3 Å². The minimum atomic E-state index is -4.14. The van der Waals surface area contributed by atoms with Gasteiger partial charge in [-0.15, -0.1) is 0 Å². The number of esters is 1. The van der Waals surface area contributed by atoms with Crippen LogP contribution in [0.25, 0.3) is 0 Å². The number of nitrogens with one attached hydrogen (secondary N) is 1. The third kappa shape index (κ3) is 5.51. The molecular weight excluding hydrogens is 395 g/mol. The van der Waals surface area contributed by atoms with E-state index in [0.717, 1.165) is 0 Å². The number of hydrogen-bond donors (Lipinski definition) is 1. The molecule has 1 fully saturated rings. The number of benzene rings is 1. The highest BCUT2D eigenvalue weighted by Gasteiger charge is 2.49. The van der Waals surface area contributed by atoms with E-state index in [2.05, 4.69) is 10.1 Å². The lowest BCUT2D eigenvalue weighted by Gasteiger charge is -2.39. The third-order valence-electron chi connectivity index (χ3n) is 3.90. The van der Waals surface area contributed by atoms with E-state index in [1.54, 1.807) is 13.8 Å². The summed E-state index contributed by atoms with van der Waals surface area (Å²) in [7, 11) is -2.91. The number of amides is 1. The van der Waals surface area contributed by atoms with E-state index < -0.39 is 36.1 Å². The summed E-state index contributed by atoms with van der Waals surface area (Å²) >= 11 is 0. The molecule has 0 saturated carbocycles. The molecule has 1 aliphatic heterocycles. The second-order valence-electron chi connectivity index (χ2n) is 6.65. The van der Waals surface area contributed by atoms with Crippen LogP contribution in [0.2, 0.25) is 0 Å². The molecule has 1 N–H and O–H groups in total. The summed E-state index contributed by atoms with van der Waals surface area (Å²) in [5, 5.41) is 13.2. The summed E-state index contributed by atoms with van der Waals surface area (Å²) in [5.74, 6) is -1.04. The van der Waals surface area contributed by atoms with Crippen molar-refractivity contribution >= 4 is 25.4 Å². The zero-order valence-electron chi connectivity index (χ0n) is 15.6. The first kappa shape index (κ1) is 21.8. The molecule has 0 spiro atoms. The minimum Gasteiger partial charge on any atom is -0.469 e. The number of hydrogen-bond acceptors (Lipinski definition) is 9.